The minimum absolute atomic E-state index is 0.299. The van der Waals surface area contributed by atoms with Gasteiger partial charge in [0.25, 0.3) is 0 Å². The first-order valence-electron chi connectivity index (χ1n) is 12.0. The van der Waals surface area contributed by atoms with Gasteiger partial charge in [0.15, 0.2) is 11.6 Å². The summed E-state index contributed by atoms with van der Waals surface area (Å²) in [6, 6.07) is 0. The Balaban J connectivity index is 2.28. The fraction of sp³-hybridized carbons (Fsp3) is 0.692. The van der Waals surface area contributed by atoms with E-state index in [-0.39, 0.29) is 0 Å². The molecular formula is C26H39NO6S. The molecule has 1 aliphatic heterocycles. The standard InChI is InChI=1S/C26H39NO6S/c1-15-8-9-21(16(2)12-20-14-34-19(5)27-20)33-23(29)13-22(28)26(6,7)25(31)17(3)24(30)18(4)32-11-10-15/h12,14-15,17-18,21,24,30H,8-11,13H2,1-7H3. The zero-order valence-electron chi connectivity index (χ0n) is 21.4. The second kappa shape index (κ2) is 12.2. The maximum absolute atomic E-state index is 13.1. The van der Waals surface area contributed by atoms with Gasteiger partial charge in [-0.05, 0) is 71.4 Å². The van der Waals surface area contributed by atoms with Crippen molar-refractivity contribution in [1.82, 2.24) is 4.98 Å². The van der Waals surface area contributed by atoms with Crippen LogP contribution in [0.3, 0.4) is 0 Å². The molecule has 8 heteroatoms. The van der Waals surface area contributed by atoms with E-state index in [1.54, 1.807) is 25.2 Å². The monoisotopic (exact) mass is 493 g/mol. The van der Waals surface area contributed by atoms with Crippen molar-refractivity contribution in [3.63, 3.8) is 0 Å². The van der Waals surface area contributed by atoms with E-state index in [2.05, 4.69) is 11.9 Å². The Labute approximate surface area is 206 Å². The summed E-state index contributed by atoms with van der Waals surface area (Å²) in [4.78, 5) is 43.2. The van der Waals surface area contributed by atoms with Crippen molar-refractivity contribution < 1.29 is 29.0 Å². The first-order valence-corrected chi connectivity index (χ1v) is 12.9. The molecule has 2 rings (SSSR count). The van der Waals surface area contributed by atoms with Crippen molar-refractivity contribution in [2.24, 2.45) is 17.3 Å². The molecule has 34 heavy (non-hydrogen) atoms. The maximum atomic E-state index is 13.1. The molecule has 0 radical (unpaired) electrons. The van der Waals surface area contributed by atoms with Crippen molar-refractivity contribution in [3.05, 3.63) is 21.7 Å². The van der Waals surface area contributed by atoms with E-state index in [0.29, 0.717) is 18.9 Å². The molecule has 0 amide bonds. The van der Waals surface area contributed by atoms with Gasteiger partial charge < -0.3 is 14.6 Å². The molecule has 1 aromatic rings. The number of ketones is 2. The van der Waals surface area contributed by atoms with Gasteiger partial charge in [-0.15, -0.1) is 11.3 Å². The van der Waals surface area contributed by atoms with Crippen LogP contribution >= 0.6 is 11.3 Å². The van der Waals surface area contributed by atoms with E-state index in [0.717, 1.165) is 29.1 Å². The summed E-state index contributed by atoms with van der Waals surface area (Å²) in [5, 5.41) is 13.5. The number of hydrogen-bond donors (Lipinski definition) is 1. The average molecular weight is 494 g/mol. The molecule has 1 N–H and O–H groups in total. The van der Waals surface area contributed by atoms with E-state index in [1.807, 2.05) is 25.3 Å². The number of Topliss-reactive ketones (excluding diaryl/α,β-unsaturated/α-hetero) is 2. The topological polar surface area (TPSA) is 103 Å². The van der Waals surface area contributed by atoms with Gasteiger partial charge in [-0.3, -0.25) is 14.4 Å². The van der Waals surface area contributed by atoms with Gasteiger partial charge in [0.05, 0.1) is 28.3 Å². The first kappa shape index (κ1) is 28.3. The first-order chi connectivity index (χ1) is 15.8. The van der Waals surface area contributed by atoms with E-state index < -0.39 is 53.6 Å². The van der Waals surface area contributed by atoms with Crippen LogP contribution in [0.2, 0.25) is 0 Å². The minimum atomic E-state index is -1.43. The third kappa shape index (κ3) is 7.55. The summed E-state index contributed by atoms with van der Waals surface area (Å²) >= 11 is 1.55. The number of thiazole rings is 1. The number of aromatic nitrogens is 1. The Morgan fingerprint density at radius 1 is 1.18 bits per heavy atom. The third-order valence-electron chi connectivity index (χ3n) is 6.73. The van der Waals surface area contributed by atoms with Crippen LogP contribution in [-0.4, -0.2) is 52.5 Å². The molecule has 2 heterocycles. The SMILES string of the molecule is CC(=Cc1csc(C)n1)C1CCC(C)CCOC(C)C(O)C(C)C(=O)C(C)(C)C(=O)CC(=O)O1. The number of aryl methyl sites for hydroxylation is 1. The van der Waals surface area contributed by atoms with Crippen LogP contribution in [-0.2, 0) is 23.9 Å². The van der Waals surface area contributed by atoms with E-state index in [9.17, 15) is 19.5 Å². The number of hydrogen-bond acceptors (Lipinski definition) is 8. The number of rotatable bonds is 2. The van der Waals surface area contributed by atoms with Gasteiger partial charge in [0.2, 0.25) is 0 Å². The Kier molecular flexibility index (Phi) is 10.2. The van der Waals surface area contributed by atoms with Crippen LogP contribution in [0.15, 0.2) is 11.0 Å². The molecule has 1 aliphatic rings. The summed E-state index contributed by atoms with van der Waals surface area (Å²) in [6.07, 6.45) is 1.51. The predicted octanol–water partition coefficient (Wildman–Crippen LogP) is 4.54. The van der Waals surface area contributed by atoms with Crippen molar-refractivity contribution in [3.8, 4) is 0 Å². The Morgan fingerprint density at radius 3 is 2.47 bits per heavy atom. The lowest BCUT2D eigenvalue weighted by atomic mass is 9.75. The summed E-state index contributed by atoms with van der Waals surface area (Å²) in [5.41, 5.74) is 0.244. The number of cyclic esters (lactones) is 1. The molecule has 0 saturated carbocycles. The number of carbonyl (C=O) groups excluding carboxylic acids is 3. The Bertz CT molecular complexity index is 905. The zero-order chi connectivity index (χ0) is 25.6. The smallest absolute Gasteiger partial charge is 0.313 e. The van der Waals surface area contributed by atoms with Crippen molar-refractivity contribution >= 4 is 34.9 Å². The van der Waals surface area contributed by atoms with Crippen LogP contribution in [0, 0.1) is 24.2 Å². The lowest BCUT2D eigenvalue weighted by molar-refractivity contribution is -0.153. The fourth-order valence-corrected chi connectivity index (χ4v) is 4.68. The van der Waals surface area contributed by atoms with Gasteiger partial charge in [-0.25, -0.2) is 4.98 Å². The molecule has 7 nitrogen and oxygen atoms in total. The van der Waals surface area contributed by atoms with Gasteiger partial charge in [0, 0.05) is 17.9 Å². The lowest BCUT2D eigenvalue weighted by Crippen LogP contribution is -2.45. The van der Waals surface area contributed by atoms with E-state index >= 15 is 0 Å². The van der Waals surface area contributed by atoms with Crippen molar-refractivity contribution in [1.29, 1.82) is 0 Å². The summed E-state index contributed by atoms with van der Waals surface area (Å²) in [7, 11) is 0. The number of nitrogens with zero attached hydrogens (tertiary/aromatic N) is 1. The molecule has 5 atom stereocenters. The number of ether oxygens (including phenoxy) is 2. The van der Waals surface area contributed by atoms with Crippen molar-refractivity contribution in [2.75, 3.05) is 6.61 Å². The fourth-order valence-electron chi connectivity index (χ4n) is 4.11. The van der Waals surface area contributed by atoms with E-state index in [1.165, 1.54) is 13.8 Å². The van der Waals surface area contributed by atoms with Gasteiger partial charge in [-0.1, -0.05) is 13.8 Å². The highest BCUT2D eigenvalue weighted by Gasteiger charge is 2.42. The second-order valence-corrected chi connectivity index (χ2v) is 11.1. The molecule has 1 saturated heterocycles. The van der Waals surface area contributed by atoms with Crippen LogP contribution in [0.25, 0.3) is 6.08 Å². The highest BCUT2D eigenvalue weighted by Crippen LogP contribution is 2.29. The molecule has 5 unspecified atom stereocenters. The Morgan fingerprint density at radius 2 is 1.85 bits per heavy atom. The molecule has 0 bridgehead atoms. The lowest BCUT2D eigenvalue weighted by Gasteiger charge is -2.31. The largest absolute Gasteiger partial charge is 0.458 e. The van der Waals surface area contributed by atoms with Crippen LogP contribution in [0.1, 0.15) is 77.9 Å². The molecule has 1 aromatic heterocycles. The van der Waals surface area contributed by atoms with Crippen molar-refractivity contribution in [2.45, 2.75) is 92.5 Å². The highest BCUT2D eigenvalue weighted by atomic mass is 32.1. The molecular weight excluding hydrogens is 454 g/mol. The molecule has 0 aromatic carbocycles. The second-order valence-electron chi connectivity index (χ2n) is 10.1. The Hall–Kier alpha value is -1.90. The molecule has 190 valence electrons. The zero-order valence-corrected chi connectivity index (χ0v) is 22.2. The number of aliphatic hydroxyl groups is 1. The normalized spacial score (nSPS) is 30.8. The predicted molar refractivity (Wildman–Crippen MR) is 132 cm³/mol. The maximum Gasteiger partial charge on any atom is 0.313 e. The molecule has 0 spiro atoms. The number of aliphatic hydroxyl groups excluding tert-OH is 1. The van der Waals surface area contributed by atoms with Gasteiger partial charge in [0.1, 0.15) is 12.5 Å². The number of esters is 1. The summed E-state index contributed by atoms with van der Waals surface area (Å²) in [6.45, 7) is 12.7. The van der Waals surface area contributed by atoms with Crippen LogP contribution in [0.4, 0.5) is 0 Å². The third-order valence-corrected chi connectivity index (χ3v) is 7.52. The summed E-state index contributed by atoms with van der Waals surface area (Å²) < 4.78 is 11.6. The van der Waals surface area contributed by atoms with Crippen LogP contribution < -0.4 is 0 Å². The average Bonchev–Trinajstić information content (AvgIpc) is 3.18. The summed E-state index contributed by atoms with van der Waals surface area (Å²) in [5.74, 6) is -2.10. The van der Waals surface area contributed by atoms with Crippen LogP contribution in [0.5, 0.6) is 0 Å². The minimum Gasteiger partial charge on any atom is -0.458 e. The van der Waals surface area contributed by atoms with Gasteiger partial charge in [-0.2, -0.15) is 0 Å². The van der Waals surface area contributed by atoms with E-state index in [4.69, 9.17) is 9.47 Å². The molecule has 1 fully saturated rings. The quantitative estimate of drug-likeness (QED) is 0.476. The van der Waals surface area contributed by atoms with Gasteiger partial charge >= 0.3 is 5.97 Å². The number of carbonyl (C=O) groups is 3. The highest BCUT2D eigenvalue weighted by molar-refractivity contribution is 7.09. The molecule has 0 aliphatic carbocycles.